The molecule has 0 radical (unpaired) electrons. The summed E-state index contributed by atoms with van der Waals surface area (Å²) in [5.74, 6) is 0. The molecule has 0 aromatic heterocycles. The maximum Gasteiger partial charge on any atom is 0.111 e. The molecule has 0 aliphatic heterocycles. The maximum absolute atomic E-state index is 8.96. The molecule has 0 unspecified atom stereocenters. The van der Waals surface area contributed by atoms with Crippen LogP contribution in [0, 0.1) is 0 Å². The van der Waals surface area contributed by atoms with Crippen molar-refractivity contribution in [1.82, 2.24) is 0 Å². The molecular weight excluding hydrogens is 348 g/mol. The van der Waals surface area contributed by atoms with Crippen LogP contribution in [0.25, 0.3) is 0 Å². The third-order valence-electron chi connectivity index (χ3n) is 2.68. The molecule has 0 spiro atoms. The summed E-state index contributed by atoms with van der Waals surface area (Å²) < 4.78 is 0. The smallest absolute Gasteiger partial charge is 0.111 e. The third kappa shape index (κ3) is 14.4. The molecule has 0 aliphatic carbocycles. The summed E-state index contributed by atoms with van der Waals surface area (Å²) in [6, 6.07) is 0. The lowest BCUT2D eigenvalue weighted by molar-refractivity contribution is -0.123. The van der Waals surface area contributed by atoms with Crippen LogP contribution in [0.3, 0.4) is 0 Å². The molecular formula is C13H32O12. The van der Waals surface area contributed by atoms with E-state index in [2.05, 4.69) is 0 Å². The van der Waals surface area contributed by atoms with Crippen LogP contribution in [-0.4, -0.2) is 137 Å². The van der Waals surface area contributed by atoms with E-state index < -0.39 is 69.2 Å². The summed E-state index contributed by atoms with van der Waals surface area (Å²) in [5, 5.41) is 102. The highest BCUT2D eigenvalue weighted by molar-refractivity contribution is 4.79. The van der Waals surface area contributed by atoms with Gasteiger partial charge in [0.2, 0.25) is 0 Å². The van der Waals surface area contributed by atoms with E-state index >= 15 is 0 Å². The van der Waals surface area contributed by atoms with Gasteiger partial charge in [-0.1, -0.05) is 0 Å². The Kier molecular flexibility index (Phi) is 21.5. The van der Waals surface area contributed by atoms with Crippen LogP contribution in [0.5, 0.6) is 0 Å². The van der Waals surface area contributed by atoms with Crippen LogP contribution < -0.4 is 0 Å². The molecule has 7 atom stereocenters. The van der Waals surface area contributed by atoms with E-state index in [1.54, 1.807) is 6.92 Å². The number of aliphatic hydroxyl groups excluding tert-OH is 12. The van der Waals surface area contributed by atoms with Crippen LogP contribution in [0.2, 0.25) is 0 Å². The van der Waals surface area contributed by atoms with Crippen LogP contribution in [-0.2, 0) is 0 Å². The van der Waals surface area contributed by atoms with Crippen LogP contribution in [0.1, 0.15) is 6.92 Å². The first-order valence-electron chi connectivity index (χ1n) is 7.40. The van der Waals surface area contributed by atoms with Gasteiger partial charge in [-0.15, -0.1) is 0 Å². The molecule has 0 saturated heterocycles. The summed E-state index contributed by atoms with van der Waals surface area (Å²) in [6.45, 7) is -0.802. The van der Waals surface area contributed by atoms with Crippen molar-refractivity contribution in [3.05, 3.63) is 0 Å². The summed E-state index contributed by atoms with van der Waals surface area (Å²) >= 11 is 0. The van der Waals surface area contributed by atoms with Gasteiger partial charge in [0.05, 0.1) is 26.4 Å². The Morgan fingerprint density at radius 2 is 0.600 bits per heavy atom. The highest BCUT2D eigenvalue weighted by atomic mass is 16.4. The number of hydrogen-bond acceptors (Lipinski definition) is 12. The van der Waals surface area contributed by atoms with E-state index in [-0.39, 0.29) is 6.61 Å². The van der Waals surface area contributed by atoms with E-state index in [1.807, 2.05) is 0 Å². The fourth-order valence-corrected chi connectivity index (χ4v) is 1.14. The lowest BCUT2D eigenvalue weighted by Crippen LogP contribution is -2.46. The Balaban J connectivity index is -0.000000338. The second-order valence-electron chi connectivity index (χ2n) is 4.79. The van der Waals surface area contributed by atoms with E-state index in [0.29, 0.717) is 0 Å². The van der Waals surface area contributed by atoms with Gasteiger partial charge in [-0.2, -0.15) is 0 Å². The van der Waals surface area contributed by atoms with Crippen LogP contribution >= 0.6 is 0 Å². The van der Waals surface area contributed by atoms with Gasteiger partial charge in [-0.25, -0.2) is 0 Å². The molecule has 0 amide bonds. The van der Waals surface area contributed by atoms with Crippen molar-refractivity contribution in [2.45, 2.75) is 49.7 Å². The fourth-order valence-electron chi connectivity index (χ4n) is 1.14. The van der Waals surface area contributed by atoms with E-state index in [9.17, 15) is 0 Å². The summed E-state index contributed by atoms with van der Waals surface area (Å²) in [5.41, 5.74) is 0. The average molecular weight is 380 g/mol. The van der Waals surface area contributed by atoms with Crippen molar-refractivity contribution in [1.29, 1.82) is 0 Å². The van der Waals surface area contributed by atoms with Crippen LogP contribution in [0.4, 0.5) is 0 Å². The predicted octanol–water partition coefficient (Wildman–Crippen LogP) is -6.53. The largest absolute Gasteiger partial charge is 0.397 e. The van der Waals surface area contributed by atoms with E-state index in [1.165, 1.54) is 0 Å². The molecule has 0 aromatic rings. The molecule has 0 fully saturated rings. The van der Waals surface area contributed by atoms with Crippen molar-refractivity contribution in [3.8, 4) is 0 Å². The minimum atomic E-state index is -1.67. The van der Waals surface area contributed by atoms with Gasteiger partial charge in [0.15, 0.2) is 0 Å². The lowest BCUT2D eigenvalue weighted by atomic mass is 10.0. The van der Waals surface area contributed by atoms with Gasteiger partial charge < -0.3 is 61.3 Å². The summed E-state index contributed by atoms with van der Waals surface area (Å²) in [4.78, 5) is 0. The SMILES string of the molecule is CCO.OC[C@@H](O)[C@@H](O)[C@@H](O)CO.OC[C@@H](O)[C@H](O)[C@H](O)[C@@H](O)CO. The first kappa shape index (κ1) is 29.3. The fraction of sp³-hybridized carbons (Fsp3) is 1.00. The molecule has 0 heterocycles. The second-order valence-corrected chi connectivity index (χ2v) is 4.79. The van der Waals surface area contributed by atoms with Crippen molar-refractivity contribution < 1.29 is 61.3 Å². The summed E-state index contributed by atoms with van der Waals surface area (Å²) in [6.07, 6.45) is -10.7. The summed E-state index contributed by atoms with van der Waals surface area (Å²) in [7, 11) is 0. The van der Waals surface area contributed by atoms with Gasteiger partial charge >= 0.3 is 0 Å². The zero-order valence-corrected chi connectivity index (χ0v) is 13.9. The minimum Gasteiger partial charge on any atom is -0.397 e. The Hall–Kier alpha value is -0.480. The molecule has 12 N–H and O–H groups in total. The molecule has 0 aromatic carbocycles. The van der Waals surface area contributed by atoms with Crippen molar-refractivity contribution in [2.75, 3.05) is 33.0 Å². The second kappa shape index (κ2) is 18.3. The zero-order valence-electron chi connectivity index (χ0n) is 13.9. The quantitative estimate of drug-likeness (QED) is 0.179. The average Bonchev–Trinajstić information content (AvgIpc) is 2.64. The molecule has 0 bridgehead atoms. The zero-order chi connectivity index (χ0) is 20.6. The van der Waals surface area contributed by atoms with E-state index in [4.69, 9.17) is 61.3 Å². The van der Waals surface area contributed by atoms with Crippen molar-refractivity contribution in [3.63, 3.8) is 0 Å². The number of aliphatic hydroxyl groups is 12. The van der Waals surface area contributed by atoms with Gasteiger partial charge in [0, 0.05) is 6.61 Å². The molecule has 12 nitrogen and oxygen atoms in total. The normalized spacial score (nSPS) is 19.1. The van der Waals surface area contributed by atoms with Gasteiger partial charge in [-0.05, 0) is 6.92 Å². The van der Waals surface area contributed by atoms with Gasteiger partial charge in [0.25, 0.3) is 0 Å². The van der Waals surface area contributed by atoms with Crippen molar-refractivity contribution in [2.24, 2.45) is 0 Å². The van der Waals surface area contributed by atoms with Gasteiger partial charge in [-0.3, -0.25) is 0 Å². The Morgan fingerprint density at radius 1 is 0.440 bits per heavy atom. The monoisotopic (exact) mass is 380 g/mol. The standard InChI is InChI=1S/C6H14O6.C5H12O5.C2H6O/c7-1-3(9)5(11)6(12)4(10)2-8;6-1-3(8)5(10)4(9)2-7;1-2-3/h3-12H,1-2H2;3-10H,1-2H2;3H,2H2,1H3/t3-,4+,5+,6-;3-,4+,5-;. The maximum atomic E-state index is 8.96. The minimum absolute atomic E-state index is 0.250. The van der Waals surface area contributed by atoms with Crippen molar-refractivity contribution >= 4 is 0 Å². The Bertz CT molecular complexity index is 245. The number of rotatable bonds is 9. The molecule has 156 valence electrons. The predicted molar refractivity (Wildman–Crippen MR) is 83.2 cm³/mol. The highest BCUT2D eigenvalue weighted by Crippen LogP contribution is 2.04. The third-order valence-corrected chi connectivity index (χ3v) is 2.68. The molecule has 12 heteroatoms. The van der Waals surface area contributed by atoms with E-state index in [0.717, 1.165) is 0 Å². The lowest BCUT2D eigenvalue weighted by Gasteiger charge is -2.24. The number of hydrogen-bond donors (Lipinski definition) is 12. The Morgan fingerprint density at radius 3 is 0.760 bits per heavy atom. The topological polar surface area (TPSA) is 243 Å². The first-order chi connectivity index (χ1) is 11.6. The molecule has 0 rings (SSSR count). The molecule has 0 aliphatic rings. The highest BCUT2D eigenvalue weighted by Gasteiger charge is 2.29. The van der Waals surface area contributed by atoms with Crippen LogP contribution in [0.15, 0.2) is 0 Å². The Labute approximate surface area is 145 Å². The van der Waals surface area contributed by atoms with Gasteiger partial charge in [0.1, 0.15) is 42.7 Å². The molecule has 0 saturated carbocycles. The first-order valence-corrected chi connectivity index (χ1v) is 7.40. The molecule has 25 heavy (non-hydrogen) atoms.